The van der Waals surface area contributed by atoms with Crippen LogP contribution in [0, 0.1) is 12.8 Å². The third kappa shape index (κ3) is 2.95. The highest BCUT2D eigenvalue weighted by molar-refractivity contribution is 5.83. The van der Waals surface area contributed by atoms with Crippen LogP contribution < -0.4 is 0 Å². The Kier molecular flexibility index (Phi) is 4.30. The van der Waals surface area contributed by atoms with E-state index in [-0.39, 0.29) is 24.1 Å². The summed E-state index contributed by atoms with van der Waals surface area (Å²) in [5.74, 6) is 1.88. The predicted molar refractivity (Wildman–Crippen MR) is 86.2 cm³/mol. The second-order valence-electron chi connectivity index (χ2n) is 7.30. The molecule has 0 spiro atoms. The van der Waals surface area contributed by atoms with Crippen LogP contribution in [0.5, 0.6) is 0 Å². The zero-order valence-electron chi connectivity index (χ0n) is 14.5. The lowest BCUT2D eigenvalue weighted by atomic mass is 10.1. The zero-order valence-corrected chi connectivity index (χ0v) is 14.5. The third-order valence-electron chi connectivity index (χ3n) is 5.56. The molecule has 1 aromatic rings. The van der Waals surface area contributed by atoms with Crippen molar-refractivity contribution in [3.05, 3.63) is 11.7 Å². The van der Waals surface area contributed by atoms with Crippen molar-refractivity contribution < 1.29 is 14.1 Å². The fourth-order valence-electron chi connectivity index (χ4n) is 4.15. The van der Waals surface area contributed by atoms with Crippen LogP contribution in [0.15, 0.2) is 4.52 Å². The number of carbonyl (C=O) groups is 1. The summed E-state index contributed by atoms with van der Waals surface area (Å²) in [7, 11) is 1.70. The number of hydrogen-bond acceptors (Lipinski definition) is 6. The molecular formula is C17H26N4O3. The molecule has 132 valence electrons. The monoisotopic (exact) mass is 334 g/mol. The number of amides is 1. The zero-order chi connectivity index (χ0) is 16.7. The Hall–Kier alpha value is -1.47. The molecule has 1 aromatic heterocycles. The van der Waals surface area contributed by atoms with E-state index in [0.717, 1.165) is 19.5 Å². The van der Waals surface area contributed by atoms with E-state index in [0.29, 0.717) is 24.2 Å². The molecule has 3 aliphatic rings. The van der Waals surface area contributed by atoms with Crippen LogP contribution in [0.4, 0.5) is 0 Å². The topological polar surface area (TPSA) is 71.7 Å². The summed E-state index contributed by atoms with van der Waals surface area (Å²) in [5.41, 5.74) is 0. The average Bonchev–Trinajstić information content (AvgIpc) is 2.99. The number of likely N-dealkylation sites (tertiary alicyclic amines) is 2. The quantitative estimate of drug-likeness (QED) is 0.813. The first-order chi connectivity index (χ1) is 11.7. The number of aryl methyl sites for hydroxylation is 1. The smallest absolute Gasteiger partial charge is 0.249 e. The first kappa shape index (κ1) is 16.0. The minimum absolute atomic E-state index is 0.0228. The van der Waals surface area contributed by atoms with E-state index in [1.807, 2.05) is 4.90 Å². The minimum Gasteiger partial charge on any atom is -0.380 e. The maximum atomic E-state index is 13.4. The molecule has 2 aliphatic heterocycles. The number of ether oxygens (including phenoxy) is 1. The van der Waals surface area contributed by atoms with Crippen LogP contribution in [0.25, 0.3) is 0 Å². The van der Waals surface area contributed by atoms with Crippen molar-refractivity contribution in [2.75, 3.05) is 26.7 Å². The van der Waals surface area contributed by atoms with Crippen LogP contribution in [0.1, 0.15) is 49.9 Å². The van der Waals surface area contributed by atoms with Gasteiger partial charge in [-0.25, -0.2) is 0 Å². The Morgan fingerprint density at radius 2 is 2.08 bits per heavy atom. The first-order valence-corrected chi connectivity index (χ1v) is 9.05. The highest BCUT2D eigenvalue weighted by atomic mass is 16.5. The molecule has 3 atom stereocenters. The second-order valence-corrected chi connectivity index (χ2v) is 7.30. The number of carbonyl (C=O) groups excluding carboxylic acids is 1. The van der Waals surface area contributed by atoms with Gasteiger partial charge in [-0.2, -0.15) is 4.98 Å². The van der Waals surface area contributed by atoms with Gasteiger partial charge in [0.25, 0.3) is 0 Å². The van der Waals surface area contributed by atoms with Gasteiger partial charge in [-0.1, -0.05) is 5.16 Å². The molecule has 3 heterocycles. The molecule has 0 aromatic carbocycles. The van der Waals surface area contributed by atoms with Gasteiger partial charge < -0.3 is 14.2 Å². The molecule has 0 N–H and O–H groups in total. The summed E-state index contributed by atoms with van der Waals surface area (Å²) in [6.45, 7) is 4.50. The highest BCUT2D eigenvalue weighted by Gasteiger charge is 2.47. The molecule has 2 saturated heterocycles. The van der Waals surface area contributed by atoms with E-state index in [4.69, 9.17) is 9.26 Å². The van der Waals surface area contributed by atoms with Crippen LogP contribution in [-0.4, -0.2) is 64.7 Å². The maximum absolute atomic E-state index is 13.4. The number of rotatable bonds is 5. The van der Waals surface area contributed by atoms with E-state index in [1.54, 1.807) is 14.0 Å². The largest absolute Gasteiger partial charge is 0.380 e. The lowest BCUT2D eigenvalue weighted by Gasteiger charge is -2.32. The molecule has 7 heteroatoms. The van der Waals surface area contributed by atoms with E-state index in [9.17, 15) is 4.79 Å². The third-order valence-corrected chi connectivity index (χ3v) is 5.56. The van der Waals surface area contributed by atoms with Crippen molar-refractivity contribution in [2.45, 2.75) is 57.2 Å². The van der Waals surface area contributed by atoms with E-state index in [2.05, 4.69) is 15.0 Å². The summed E-state index contributed by atoms with van der Waals surface area (Å²) in [4.78, 5) is 22.1. The molecule has 0 radical (unpaired) electrons. The van der Waals surface area contributed by atoms with Gasteiger partial charge in [0.1, 0.15) is 6.04 Å². The molecule has 24 heavy (non-hydrogen) atoms. The number of methoxy groups -OCH3 is 1. The van der Waals surface area contributed by atoms with Gasteiger partial charge >= 0.3 is 0 Å². The number of aromatic nitrogens is 2. The fourth-order valence-corrected chi connectivity index (χ4v) is 4.15. The van der Waals surface area contributed by atoms with Crippen molar-refractivity contribution in [3.8, 4) is 0 Å². The summed E-state index contributed by atoms with van der Waals surface area (Å²) in [6, 6.07) is -0.137. The van der Waals surface area contributed by atoms with Gasteiger partial charge in [-0.05, 0) is 51.6 Å². The van der Waals surface area contributed by atoms with Gasteiger partial charge in [0, 0.05) is 20.1 Å². The van der Waals surface area contributed by atoms with E-state index < -0.39 is 0 Å². The van der Waals surface area contributed by atoms with E-state index >= 15 is 0 Å². The highest BCUT2D eigenvalue weighted by Crippen LogP contribution is 2.40. The predicted octanol–water partition coefficient (Wildman–Crippen LogP) is 1.54. The van der Waals surface area contributed by atoms with Gasteiger partial charge in [0.2, 0.25) is 11.8 Å². The average molecular weight is 334 g/mol. The van der Waals surface area contributed by atoms with Crippen molar-refractivity contribution in [1.29, 1.82) is 0 Å². The van der Waals surface area contributed by atoms with Gasteiger partial charge in [-0.15, -0.1) is 0 Å². The van der Waals surface area contributed by atoms with E-state index in [1.165, 1.54) is 25.7 Å². The van der Waals surface area contributed by atoms with Gasteiger partial charge in [0.15, 0.2) is 5.82 Å². The van der Waals surface area contributed by atoms with Crippen molar-refractivity contribution in [3.63, 3.8) is 0 Å². The minimum atomic E-state index is -0.160. The second kappa shape index (κ2) is 6.44. The fraction of sp³-hybridized carbons (Fsp3) is 0.824. The summed E-state index contributed by atoms with van der Waals surface area (Å²) < 4.78 is 10.9. The number of hydrogen-bond donors (Lipinski definition) is 0. The molecule has 0 bridgehead atoms. The van der Waals surface area contributed by atoms with Gasteiger partial charge in [-0.3, -0.25) is 9.69 Å². The Morgan fingerprint density at radius 1 is 1.33 bits per heavy atom. The Labute approximate surface area is 142 Å². The standard InChI is InChI=1S/C17H26N4O3/c1-11-18-16(24-19-11)14-9-13(23-2)10-21(14)17(22)15(12-5-6-12)20-7-3-4-8-20/h12-15H,3-10H2,1-2H3/t13-,14-,15+/m1/s1. The van der Waals surface area contributed by atoms with Crippen LogP contribution in [0.3, 0.4) is 0 Å². The number of nitrogens with zero attached hydrogens (tertiary/aromatic N) is 4. The molecule has 3 fully saturated rings. The first-order valence-electron chi connectivity index (χ1n) is 9.05. The molecule has 1 aliphatic carbocycles. The van der Waals surface area contributed by atoms with Gasteiger partial charge in [0.05, 0.1) is 12.1 Å². The molecule has 0 unspecified atom stereocenters. The lowest BCUT2D eigenvalue weighted by Crippen LogP contribution is -2.49. The lowest BCUT2D eigenvalue weighted by molar-refractivity contribution is -0.139. The summed E-state index contributed by atoms with van der Waals surface area (Å²) >= 11 is 0. The Bertz CT molecular complexity index is 594. The Morgan fingerprint density at radius 3 is 2.67 bits per heavy atom. The molecular weight excluding hydrogens is 308 g/mol. The van der Waals surface area contributed by atoms with Crippen molar-refractivity contribution in [1.82, 2.24) is 19.9 Å². The normalized spacial score (nSPS) is 29.3. The summed E-state index contributed by atoms with van der Waals surface area (Å²) in [6.07, 6.45) is 5.48. The molecule has 7 nitrogen and oxygen atoms in total. The molecule has 4 rings (SSSR count). The van der Waals surface area contributed by atoms with Crippen molar-refractivity contribution >= 4 is 5.91 Å². The Balaban J connectivity index is 1.57. The van der Waals surface area contributed by atoms with Crippen LogP contribution >= 0.6 is 0 Å². The maximum Gasteiger partial charge on any atom is 0.249 e. The molecule has 1 saturated carbocycles. The summed E-state index contributed by atoms with van der Waals surface area (Å²) in [5, 5.41) is 3.90. The van der Waals surface area contributed by atoms with Crippen molar-refractivity contribution in [2.24, 2.45) is 5.92 Å². The van der Waals surface area contributed by atoms with Crippen LogP contribution in [-0.2, 0) is 9.53 Å². The molecule has 1 amide bonds. The SMILES string of the molecule is CO[C@@H]1C[C@H](c2nc(C)no2)N(C(=O)[C@H](C2CC2)N2CCCC2)C1. The van der Waals surface area contributed by atoms with Crippen LogP contribution in [0.2, 0.25) is 0 Å².